The summed E-state index contributed by atoms with van der Waals surface area (Å²) in [6, 6.07) is 7.56. The molecule has 0 saturated heterocycles. The van der Waals surface area contributed by atoms with E-state index >= 15 is 0 Å². The topological polar surface area (TPSA) is 80.2 Å². The Morgan fingerprint density at radius 3 is 3.20 bits per heavy atom. The summed E-state index contributed by atoms with van der Waals surface area (Å²) in [6.45, 7) is 0.483. The zero-order valence-corrected chi connectivity index (χ0v) is 10.8. The van der Waals surface area contributed by atoms with Crippen LogP contribution < -0.4 is 5.32 Å². The van der Waals surface area contributed by atoms with Crippen molar-refractivity contribution in [2.24, 2.45) is 0 Å². The lowest BCUT2D eigenvalue weighted by Gasteiger charge is -2.03. The van der Waals surface area contributed by atoms with Crippen LogP contribution in [0.3, 0.4) is 0 Å². The molecule has 6 nitrogen and oxygen atoms in total. The van der Waals surface area contributed by atoms with E-state index in [1.54, 1.807) is 12.3 Å². The Hall–Kier alpha value is -2.76. The first kappa shape index (κ1) is 12.3. The van der Waals surface area contributed by atoms with Crippen molar-refractivity contribution in [3.63, 3.8) is 0 Å². The number of fused-ring (bicyclic) bond motifs is 1. The highest BCUT2D eigenvalue weighted by Gasteiger charge is 2.09. The van der Waals surface area contributed by atoms with Crippen LogP contribution in [0.2, 0.25) is 0 Å². The van der Waals surface area contributed by atoms with Crippen molar-refractivity contribution < 1.29 is 13.9 Å². The fourth-order valence-electron chi connectivity index (χ4n) is 1.93. The maximum atomic E-state index is 11.3. The number of nitrogens with zero attached hydrogens (tertiary/aromatic N) is 1. The van der Waals surface area contributed by atoms with Gasteiger partial charge in [0, 0.05) is 11.1 Å². The summed E-state index contributed by atoms with van der Waals surface area (Å²) in [5.41, 5.74) is 2.32. The molecular weight excluding hydrogens is 258 g/mol. The molecule has 0 amide bonds. The molecule has 0 aliphatic carbocycles. The van der Waals surface area contributed by atoms with Crippen LogP contribution in [0.25, 0.3) is 10.9 Å². The monoisotopic (exact) mass is 271 g/mol. The number of esters is 1. The first-order valence-electron chi connectivity index (χ1n) is 6.09. The summed E-state index contributed by atoms with van der Waals surface area (Å²) in [6.07, 6.45) is 3.16. The Kier molecular flexibility index (Phi) is 3.12. The van der Waals surface area contributed by atoms with Crippen LogP contribution in [-0.4, -0.2) is 23.3 Å². The third-order valence-corrected chi connectivity index (χ3v) is 2.98. The van der Waals surface area contributed by atoms with Gasteiger partial charge in [0.1, 0.15) is 12.0 Å². The average Bonchev–Trinajstić information content (AvgIpc) is 3.12. The number of ether oxygens (including phenoxy) is 1. The van der Waals surface area contributed by atoms with E-state index in [9.17, 15) is 4.79 Å². The number of carbonyl (C=O) groups is 1. The molecule has 0 aliphatic heterocycles. The van der Waals surface area contributed by atoms with Crippen molar-refractivity contribution in [3.8, 4) is 0 Å². The second-order valence-corrected chi connectivity index (χ2v) is 4.32. The number of hydrogen-bond donors (Lipinski definition) is 2. The maximum absolute atomic E-state index is 11.3. The molecule has 2 aromatic heterocycles. The number of nitrogens with one attached hydrogen (secondary N) is 2. The molecule has 0 unspecified atom stereocenters. The van der Waals surface area contributed by atoms with Crippen molar-refractivity contribution in [2.45, 2.75) is 6.54 Å². The van der Waals surface area contributed by atoms with Gasteiger partial charge in [-0.1, -0.05) is 0 Å². The van der Waals surface area contributed by atoms with Gasteiger partial charge in [0.25, 0.3) is 0 Å². The summed E-state index contributed by atoms with van der Waals surface area (Å²) < 4.78 is 9.92. The van der Waals surface area contributed by atoms with E-state index in [4.69, 9.17) is 4.42 Å². The van der Waals surface area contributed by atoms with E-state index in [0.717, 1.165) is 16.6 Å². The highest BCUT2D eigenvalue weighted by molar-refractivity contribution is 5.89. The third kappa shape index (κ3) is 2.35. The lowest BCUT2D eigenvalue weighted by atomic mass is 10.2. The number of furan rings is 1. The Labute approximate surface area is 114 Å². The van der Waals surface area contributed by atoms with Crippen LogP contribution in [0, 0.1) is 0 Å². The molecule has 2 heterocycles. The molecule has 20 heavy (non-hydrogen) atoms. The Balaban J connectivity index is 1.69. The molecule has 0 radical (unpaired) electrons. The van der Waals surface area contributed by atoms with Crippen molar-refractivity contribution in [1.82, 2.24) is 10.2 Å². The van der Waals surface area contributed by atoms with E-state index in [-0.39, 0.29) is 0 Å². The number of anilines is 1. The summed E-state index contributed by atoms with van der Waals surface area (Å²) in [4.78, 5) is 11.3. The smallest absolute Gasteiger partial charge is 0.341 e. The highest BCUT2D eigenvalue weighted by Crippen LogP contribution is 2.18. The van der Waals surface area contributed by atoms with Crippen LogP contribution in [-0.2, 0) is 11.3 Å². The second-order valence-electron chi connectivity index (χ2n) is 4.32. The average molecular weight is 271 g/mol. The molecule has 0 atom stereocenters. The molecular formula is C14H13N3O3. The van der Waals surface area contributed by atoms with Gasteiger partial charge in [-0.05, 0) is 24.3 Å². The van der Waals surface area contributed by atoms with Gasteiger partial charge in [0.15, 0.2) is 0 Å². The lowest BCUT2D eigenvalue weighted by Crippen LogP contribution is -2.00. The predicted octanol–water partition coefficient (Wildman–Crippen LogP) is 2.55. The van der Waals surface area contributed by atoms with Gasteiger partial charge in [-0.3, -0.25) is 5.10 Å². The van der Waals surface area contributed by atoms with E-state index < -0.39 is 5.97 Å². The highest BCUT2D eigenvalue weighted by atomic mass is 16.5. The molecule has 0 saturated carbocycles. The fraction of sp³-hybridized carbons (Fsp3) is 0.143. The van der Waals surface area contributed by atoms with Crippen LogP contribution in [0.15, 0.2) is 41.1 Å². The quantitative estimate of drug-likeness (QED) is 0.713. The summed E-state index contributed by atoms with van der Waals surface area (Å²) >= 11 is 0. The van der Waals surface area contributed by atoms with Gasteiger partial charge in [-0.2, -0.15) is 5.10 Å². The van der Waals surface area contributed by atoms with Gasteiger partial charge < -0.3 is 14.5 Å². The lowest BCUT2D eigenvalue weighted by molar-refractivity contribution is 0.0600. The van der Waals surface area contributed by atoms with Crippen molar-refractivity contribution in [3.05, 3.63) is 48.0 Å². The first-order chi connectivity index (χ1) is 9.76. The standard InChI is InChI=1S/C14H13N3O3/c1-19-14(18)10-4-12(20-8-10)7-15-11-3-2-9-6-16-17-13(9)5-11/h2-6,8,15H,7H2,1H3,(H,16,17). The zero-order chi connectivity index (χ0) is 13.9. The molecule has 0 spiro atoms. The molecule has 0 fully saturated rings. The van der Waals surface area contributed by atoms with Gasteiger partial charge in [-0.25, -0.2) is 4.79 Å². The number of benzene rings is 1. The normalized spacial score (nSPS) is 10.7. The van der Waals surface area contributed by atoms with Crippen LogP contribution >= 0.6 is 0 Å². The second kappa shape index (κ2) is 5.08. The van der Waals surface area contributed by atoms with Gasteiger partial charge >= 0.3 is 5.97 Å². The van der Waals surface area contributed by atoms with Crippen molar-refractivity contribution in [1.29, 1.82) is 0 Å². The van der Waals surface area contributed by atoms with Gasteiger partial charge in [0.2, 0.25) is 0 Å². The molecule has 2 N–H and O–H groups in total. The first-order valence-corrected chi connectivity index (χ1v) is 6.09. The Bertz CT molecular complexity index is 745. The molecule has 0 aliphatic rings. The maximum Gasteiger partial charge on any atom is 0.341 e. The number of carbonyl (C=O) groups excluding carboxylic acids is 1. The zero-order valence-electron chi connectivity index (χ0n) is 10.8. The van der Waals surface area contributed by atoms with E-state index in [2.05, 4.69) is 20.3 Å². The molecule has 3 aromatic rings. The number of hydrogen-bond acceptors (Lipinski definition) is 5. The Morgan fingerprint density at radius 1 is 1.45 bits per heavy atom. The van der Waals surface area contributed by atoms with E-state index in [1.165, 1.54) is 13.4 Å². The van der Waals surface area contributed by atoms with E-state index in [1.807, 2.05) is 18.2 Å². The van der Waals surface area contributed by atoms with Crippen LogP contribution in [0.5, 0.6) is 0 Å². The summed E-state index contributed by atoms with van der Waals surface area (Å²) in [5, 5.41) is 11.2. The third-order valence-electron chi connectivity index (χ3n) is 2.98. The molecule has 0 bridgehead atoms. The van der Waals surface area contributed by atoms with E-state index in [0.29, 0.717) is 17.9 Å². The Morgan fingerprint density at radius 2 is 2.35 bits per heavy atom. The summed E-state index contributed by atoms with van der Waals surface area (Å²) in [5.74, 6) is 0.258. The number of methoxy groups -OCH3 is 1. The molecule has 3 rings (SSSR count). The molecule has 1 aromatic carbocycles. The van der Waals surface area contributed by atoms with Crippen molar-refractivity contribution >= 4 is 22.6 Å². The van der Waals surface area contributed by atoms with Crippen LogP contribution in [0.1, 0.15) is 16.1 Å². The number of H-pyrrole nitrogens is 1. The fourth-order valence-corrected chi connectivity index (χ4v) is 1.93. The minimum absolute atomic E-state index is 0.404. The number of aromatic nitrogens is 2. The van der Waals surface area contributed by atoms with Gasteiger partial charge in [-0.15, -0.1) is 0 Å². The summed E-state index contributed by atoms with van der Waals surface area (Å²) in [7, 11) is 1.34. The van der Waals surface area contributed by atoms with Crippen LogP contribution in [0.4, 0.5) is 5.69 Å². The SMILES string of the molecule is COC(=O)c1coc(CNc2ccc3cn[nH]c3c2)c1. The number of aromatic amines is 1. The molecule has 102 valence electrons. The minimum atomic E-state index is -0.404. The predicted molar refractivity (Wildman–Crippen MR) is 73.5 cm³/mol. The molecule has 6 heteroatoms. The minimum Gasteiger partial charge on any atom is -0.467 e. The van der Waals surface area contributed by atoms with Crippen molar-refractivity contribution in [2.75, 3.05) is 12.4 Å². The number of rotatable bonds is 4. The largest absolute Gasteiger partial charge is 0.467 e. The van der Waals surface area contributed by atoms with Gasteiger partial charge in [0.05, 0.1) is 30.9 Å².